The minimum absolute atomic E-state index is 0. The number of aromatic nitrogens is 2. The molecule has 12 heteroatoms. The van der Waals surface area contributed by atoms with Gasteiger partial charge in [0.2, 0.25) is 0 Å². The molecule has 1 aromatic rings. The first-order chi connectivity index (χ1) is 9.20. The van der Waals surface area contributed by atoms with Crippen molar-refractivity contribution in [2.75, 3.05) is 13.0 Å². The average molecular weight is 332 g/mol. The zero-order chi connectivity index (χ0) is 15.0. The van der Waals surface area contributed by atoms with E-state index in [0.29, 0.717) is 0 Å². The fourth-order valence-corrected chi connectivity index (χ4v) is 2.22. The topological polar surface area (TPSA) is 151 Å². The van der Waals surface area contributed by atoms with Crippen LogP contribution in [0.1, 0.15) is 7.85 Å². The van der Waals surface area contributed by atoms with E-state index in [4.69, 9.17) is 19.3 Å². The average Bonchev–Trinajstić information content (AvgIpc) is 2.68. The van der Waals surface area contributed by atoms with Gasteiger partial charge in [0.15, 0.2) is 0 Å². The van der Waals surface area contributed by atoms with Crippen LogP contribution in [0.4, 0.5) is 0 Å². The van der Waals surface area contributed by atoms with Crippen molar-refractivity contribution < 1.29 is 59.9 Å². The summed E-state index contributed by atoms with van der Waals surface area (Å²) in [5.74, 6) is -2.03. The zero-order valence-electron chi connectivity index (χ0n) is 12.1. The van der Waals surface area contributed by atoms with Gasteiger partial charge in [-0.2, -0.15) is 0 Å². The molecular formula is C9H14N2NaO8P. The largest absolute Gasteiger partial charge is 1.00 e. The van der Waals surface area contributed by atoms with Gasteiger partial charge < -0.3 is 25.8 Å². The molecule has 0 aliphatic carbocycles. The molecule has 10 nitrogen and oxygen atoms in total. The summed E-state index contributed by atoms with van der Waals surface area (Å²) in [4.78, 5) is 41.8. The fraction of sp³-hybridized carbons (Fsp3) is 0.556. The first-order valence-electron chi connectivity index (χ1n) is 5.55. The summed E-state index contributed by atoms with van der Waals surface area (Å²) in [5.41, 5.74) is -1.49. The third-order valence-corrected chi connectivity index (χ3v) is 3.16. The van der Waals surface area contributed by atoms with E-state index in [0.717, 1.165) is 16.8 Å². The normalized spacial score (nSPS) is 25.6. The molecule has 0 spiro atoms. The van der Waals surface area contributed by atoms with E-state index in [1.54, 1.807) is 0 Å². The zero-order valence-corrected chi connectivity index (χ0v) is 14.0. The van der Waals surface area contributed by atoms with Crippen LogP contribution in [0, 0.1) is 0 Å². The number of hydrogen-bond acceptors (Lipinski definition) is 6. The molecule has 1 aromatic heterocycles. The molecule has 0 bridgehead atoms. The van der Waals surface area contributed by atoms with Crippen LogP contribution in [0.25, 0.3) is 0 Å². The second-order valence-corrected chi connectivity index (χ2v) is 5.91. The van der Waals surface area contributed by atoms with Gasteiger partial charge >= 0.3 is 42.8 Å². The Morgan fingerprint density at radius 2 is 2.24 bits per heavy atom. The van der Waals surface area contributed by atoms with Crippen molar-refractivity contribution in [2.24, 2.45) is 0 Å². The van der Waals surface area contributed by atoms with Gasteiger partial charge in [0.05, 0.1) is 19.1 Å². The van der Waals surface area contributed by atoms with Crippen molar-refractivity contribution in [3.05, 3.63) is 33.1 Å². The third kappa shape index (κ3) is 4.85. The molecule has 0 saturated carbocycles. The molecule has 1 aliphatic heterocycles. The van der Waals surface area contributed by atoms with Crippen LogP contribution in [-0.4, -0.2) is 43.5 Å². The van der Waals surface area contributed by atoms with Gasteiger partial charge in [-0.25, -0.2) is 9.36 Å². The second kappa shape index (κ2) is 6.86. The van der Waals surface area contributed by atoms with Gasteiger partial charge in [-0.1, -0.05) is 0 Å². The van der Waals surface area contributed by atoms with Gasteiger partial charge in [-0.3, -0.25) is 14.3 Å². The van der Waals surface area contributed by atoms with Crippen LogP contribution in [0.15, 0.2) is 21.9 Å². The van der Waals surface area contributed by atoms with Crippen molar-refractivity contribution in [1.82, 2.24) is 9.55 Å². The molecule has 21 heavy (non-hydrogen) atoms. The van der Waals surface area contributed by atoms with Crippen molar-refractivity contribution >= 4 is 7.60 Å². The summed E-state index contributed by atoms with van der Waals surface area (Å²) >= 11 is 0. The standard InChI is InChI=1S/C9H13N2O8P.Na.H/c12-7-1-2-11(8(13)10-7)9(14)3-6(4-19-9)18-5-20(15,16)17;;/h1-2,6,14H,3-5H2,(H,10,12,13)(H2,15,16,17);;/q;+1;-1/t6-,9+;;/m0../s1. The maximum Gasteiger partial charge on any atom is 1.00 e. The summed E-state index contributed by atoms with van der Waals surface area (Å²) in [6.45, 7) is -0.151. The van der Waals surface area contributed by atoms with Gasteiger partial charge in [-0.15, -0.1) is 0 Å². The van der Waals surface area contributed by atoms with Crippen LogP contribution < -0.4 is 40.8 Å². The van der Waals surface area contributed by atoms with Gasteiger partial charge in [0.25, 0.3) is 11.5 Å². The Kier molecular flexibility index (Phi) is 6.13. The number of nitrogens with one attached hydrogen (secondary N) is 1. The van der Waals surface area contributed by atoms with E-state index >= 15 is 0 Å². The number of H-pyrrole nitrogens is 1. The quantitative estimate of drug-likeness (QED) is 0.317. The smallest absolute Gasteiger partial charge is 1.00 e. The van der Waals surface area contributed by atoms with Crippen LogP contribution in [0.3, 0.4) is 0 Å². The minimum Gasteiger partial charge on any atom is -1.00 e. The molecule has 114 valence electrons. The number of aromatic amines is 1. The first-order valence-corrected chi connectivity index (χ1v) is 7.34. The van der Waals surface area contributed by atoms with Gasteiger partial charge in [-0.05, 0) is 0 Å². The molecule has 2 rings (SSSR count). The van der Waals surface area contributed by atoms with E-state index in [9.17, 15) is 19.3 Å². The van der Waals surface area contributed by atoms with Crippen molar-refractivity contribution in [3.63, 3.8) is 0 Å². The van der Waals surface area contributed by atoms with E-state index < -0.39 is 37.2 Å². The monoisotopic (exact) mass is 332 g/mol. The summed E-state index contributed by atoms with van der Waals surface area (Å²) < 4.78 is 21.4. The third-order valence-electron chi connectivity index (χ3n) is 2.67. The van der Waals surface area contributed by atoms with Crippen molar-refractivity contribution in [3.8, 4) is 0 Å². The Morgan fingerprint density at radius 3 is 2.81 bits per heavy atom. The molecule has 1 saturated heterocycles. The predicted molar refractivity (Wildman–Crippen MR) is 65.0 cm³/mol. The predicted octanol–water partition coefficient (Wildman–Crippen LogP) is -4.80. The molecule has 0 unspecified atom stereocenters. The Labute approximate surface area is 141 Å². The van der Waals surface area contributed by atoms with Crippen LogP contribution in [0.5, 0.6) is 0 Å². The van der Waals surface area contributed by atoms with Crippen LogP contribution in [-0.2, 0) is 19.9 Å². The Hall–Kier alpha value is -0.290. The van der Waals surface area contributed by atoms with Crippen molar-refractivity contribution in [2.45, 2.75) is 18.4 Å². The summed E-state index contributed by atoms with van der Waals surface area (Å²) in [6.07, 6.45) is -0.741. The molecule has 2 heterocycles. The maximum atomic E-state index is 11.6. The Balaban J connectivity index is 0.00000220. The molecular weight excluding hydrogens is 318 g/mol. The maximum absolute atomic E-state index is 11.6. The van der Waals surface area contributed by atoms with Gasteiger partial charge in [0, 0.05) is 12.3 Å². The van der Waals surface area contributed by atoms with E-state index in [1.807, 2.05) is 4.98 Å². The van der Waals surface area contributed by atoms with E-state index in [2.05, 4.69) is 0 Å². The number of rotatable bonds is 4. The molecule has 4 N–H and O–H groups in total. The molecule has 0 aromatic carbocycles. The SMILES string of the molecule is O=c1ccn([C@@]2(O)C[C@H](OCP(=O)(O)O)CO2)c(=O)[nH]1.[H-].[Na+]. The van der Waals surface area contributed by atoms with E-state index in [1.165, 1.54) is 0 Å². The summed E-state index contributed by atoms with van der Waals surface area (Å²) in [7, 11) is -4.32. The van der Waals surface area contributed by atoms with Crippen LogP contribution >= 0.6 is 7.60 Å². The summed E-state index contributed by atoms with van der Waals surface area (Å²) in [6, 6.07) is 1.03. The van der Waals surface area contributed by atoms with Crippen LogP contribution in [0.2, 0.25) is 0 Å². The number of aliphatic hydroxyl groups is 1. The Morgan fingerprint density at radius 1 is 1.57 bits per heavy atom. The minimum atomic E-state index is -4.32. The van der Waals surface area contributed by atoms with E-state index in [-0.39, 0.29) is 44.0 Å². The molecule has 1 fully saturated rings. The second-order valence-electron chi connectivity index (χ2n) is 4.32. The number of hydrogen-bond donors (Lipinski definition) is 4. The fourth-order valence-electron chi connectivity index (χ4n) is 1.81. The van der Waals surface area contributed by atoms with Crippen molar-refractivity contribution in [1.29, 1.82) is 0 Å². The molecule has 1 aliphatic rings. The van der Waals surface area contributed by atoms with Gasteiger partial charge in [0.1, 0.15) is 6.35 Å². The number of ether oxygens (including phenoxy) is 2. The molecule has 2 atom stereocenters. The summed E-state index contributed by atoms with van der Waals surface area (Å²) in [5, 5.41) is 10.2. The molecule has 0 radical (unpaired) electrons. The number of nitrogens with zero attached hydrogens (tertiary/aromatic N) is 1. The molecule has 0 amide bonds. The first kappa shape index (κ1) is 18.8. The Bertz CT molecular complexity index is 660.